The van der Waals surface area contributed by atoms with Gasteiger partial charge in [0.2, 0.25) is 0 Å². The van der Waals surface area contributed by atoms with E-state index in [4.69, 9.17) is 0 Å². The molecule has 0 aliphatic heterocycles. The van der Waals surface area contributed by atoms with Crippen LogP contribution in [0.1, 0.15) is 18.1 Å². The van der Waals surface area contributed by atoms with Gasteiger partial charge in [-0.05, 0) is 25.0 Å². The van der Waals surface area contributed by atoms with Gasteiger partial charge in [0.25, 0.3) is 0 Å². The first-order chi connectivity index (χ1) is 6.22. The molecule has 1 heterocycles. The van der Waals surface area contributed by atoms with E-state index in [1.165, 1.54) is 15.8 Å². The summed E-state index contributed by atoms with van der Waals surface area (Å²) >= 11 is 1.62. The molecule has 13 heavy (non-hydrogen) atoms. The molecule has 0 spiro atoms. The van der Waals surface area contributed by atoms with Gasteiger partial charge in [0.15, 0.2) is 0 Å². The number of fused-ring (bicyclic) bond motifs is 1. The van der Waals surface area contributed by atoms with E-state index >= 15 is 0 Å². The normalized spacial score (nSPS) is 10.9. The molecular formula is C11H12OS. The van der Waals surface area contributed by atoms with Crippen molar-refractivity contribution in [2.45, 2.75) is 20.3 Å². The number of thiophene rings is 1. The Balaban J connectivity index is 2.84. The van der Waals surface area contributed by atoms with E-state index in [0.717, 1.165) is 11.8 Å². The lowest BCUT2D eigenvalue weighted by atomic mass is 10.1. The molecule has 2 aromatic rings. The fourth-order valence-corrected chi connectivity index (χ4v) is 2.62. The van der Waals surface area contributed by atoms with Crippen LogP contribution in [0.4, 0.5) is 0 Å². The molecule has 2 heteroatoms. The summed E-state index contributed by atoms with van der Waals surface area (Å²) in [5, 5.41) is 12.4. The Morgan fingerprint density at radius 1 is 1.38 bits per heavy atom. The van der Waals surface area contributed by atoms with E-state index in [2.05, 4.69) is 19.9 Å². The van der Waals surface area contributed by atoms with Crippen LogP contribution in [0.25, 0.3) is 10.1 Å². The first kappa shape index (κ1) is 8.57. The summed E-state index contributed by atoms with van der Waals surface area (Å²) in [7, 11) is 0. The van der Waals surface area contributed by atoms with Crippen molar-refractivity contribution in [1.29, 1.82) is 0 Å². The van der Waals surface area contributed by atoms with Gasteiger partial charge in [0.1, 0.15) is 5.75 Å². The maximum Gasteiger partial charge on any atom is 0.134 e. The van der Waals surface area contributed by atoms with E-state index in [9.17, 15) is 5.11 Å². The third-order valence-electron chi connectivity index (χ3n) is 2.26. The predicted octanol–water partition coefficient (Wildman–Crippen LogP) is 3.48. The van der Waals surface area contributed by atoms with Crippen molar-refractivity contribution in [2.75, 3.05) is 0 Å². The molecule has 0 aliphatic rings. The summed E-state index contributed by atoms with van der Waals surface area (Å²) in [5.41, 5.74) is 2.55. The monoisotopic (exact) mass is 192 g/mol. The molecule has 0 radical (unpaired) electrons. The zero-order chi connectivity index (χ0) is 9.42. The summed E-state index contributed by atoms with van der Waals surface area (Å²) in [6, 6.07) is 4.23. The van der Waals surface area contributed by atoms with Crippen LogP contribution >= 0.6 is 11.3 Å². The highest BCUT2D eigenvalue weighted by atomic mass is 32.1. The largest absolute Gasteiger partial charge is 0.506 e. The van der Waals surface area contributed by atoms with E-state index in [1.807, 2.05) is 11.4 Å². The number of aromatic hydroxyl groups is 1. The number of hydrogen-bond donors (Lipinski definition) is 1. The third-order valence-corrected chi connectivity index (χ3v) is 3.31. The zero-order valence-corrected chi connectivity index (χ0v) is 8.61. The lowest BCUT2D eigenvalue weighted by molar-refractivity contribution is 0.483. The van der Waals surface area contributed by atoms with E-state index in [1.54, 1.807) is 11.3 Å². The highest BCUT2D eigenvalue weighted by molar-refractivity contribution is 7.17. The van der Waals surface area contributed by atoms with Gasteiger partial charge in [0.05, 0.1) is 0 Å². The van der Waals surface area contributed by atoms with Crippen LogP contribution in [-0.4, -0.2) is 5.11 Å². The Kier molecular flexibility index (Phi) is 2.00. The lowest BCUT2D eigenvalue weighted by Gasteiger charge is -2.01. The molecule has 68 valence electrons. The van der Waals surface area contributed by atoms with Crippen molar-refractivity contribution >= 4 is 21.4 Å². The molecule has 0 aliphatic carbocycles. The molecule has 0 amide bonds. The number of hydrogen-bond acceptors (Lipinski definition) is 2. The van der Waals surface area contributed by atoms with Crippen molar-refractivity contribution in [3.8, 4) is 5.75 Å². The van der Waals surface area contributed by atoms with Crippen molar-refractivity contribution in [1.82, 2.24) is 0 Å². The summed E-state index contributed by atoms with van der Waals surface area (Å²) < 4.78 is 1.23. The second-order valence-corrected chi connectivity index (χ2v) is 4.15. The SMILES string of the molecule is CCc1cc(C)cc2c(O)csc12. The van der Waals surface area contributed by atoms with Crippen molar-refractivity contribution in [2.24, 2.45) is 0 Å². The molecule has 1 aromatic carbocycles. The molecule has 0 atom stereocenters. The Morgan fingerprint density at radius 2 is 2.15 bits per heavy atom. The van der Waals surface area contributed by atoms with Gasteiger partial charge in [-0.1, -0.05) is 18.6 Å². The van der Waals surface area contributed by atoms with Crippen molar-refractivity contribution < 1.29 is 5.11 Å². The van der Waals surface area contributed by atoms with Gasteiger partial charge in [0, 0.05) is 15.5 Å². The Labute approximate surface area is 81.6 Å². The smallest absolute Gasteiger partial charge is 0.134 e. The second-order valence-electron chi connectivity index (χ2n) is 3.28. The van der Waals surface area contributed by atoms with Gasteiger partial charge in [-0.3, -0.25) is 0 Å². The maximum atomic E-state index is 9.57. The third kappa shape index (κ3) is 1.31. The van der Waals surface area contributed by atoms with Crippen LogP contribution in [0, 0.1) is 6.92 Å². The molecule has 0 bridgehead atoms. The van der Waals surface area contributed by atoms with Crippen LogP contribution in [0.2, 0.25) is 0 Å². The second kappa shape index (κ2) is 3.04. The number of aryl methyl sites for hydroxylation is 2. The van der Waals surface area contributed by atoms with E-state index in [0.29, 0.717) is 5.75 Å². The van der Waals surface area contributed by atoms with Gasteiger partial charge in [-0.2, -0.15) is 0 Å². The quantitative estimate of drug-likeness (QED) is 0.733. The molecular weight excluding hydrogens is 180 g/mol. The van der Waals surface area contributed by atoms with Crippen molar-refractivity contribution in [3.05, 3.63) is 28.6 Å². The molecule has 0 unspecified atom stereocenters. The maximum absolute atomic E-state index is 9.57. The van der Waals surface area contributed by atoms with Gasteiger partial charge < -0.3 is 5.11 Å². The highest BCUT2D eigenvalue weighted by Crippen LogP contribution is 2.34. The van der Waals surface area contributed by atoms with Crippen LogP contribution in [0.3, 0.4) is 0 Å². The average molecular weight is 192 g/mol. The minimum atomic E-state index is 0.415. The predicted molar refractivity (Wildman–Crippen MR) is 57.6 cm³/mol. The minimum Gasteiger partial charge on any atom is -0.506 e. The first-order valence-corrected chi connectivity index (χ1v) is 5.30. The van der Waals surface area contributed by atoms with Crippen LogP contribution in [0.15, 0.2) is 17.5 Å². The summed E-state index contributed by atoms with van der Waals surface area (Å²) in [5.74, 6) is 0.415. The summed E-state index contributed by atoms with van der Waals surface area (Å²) in [6.07, 6.45) is 1.03. The topological polar surface area (TPSA) is 20.2 Å². The van der Waals surface area contributed by atoms with Gasteiger partial charge in [-0.25, -0.2) is 0 Å². The van der Waals surface area contributed by atoms with Gasteiger partial charge in [-0.15, -0.1) is 11.3 Å². The molecule has 1 N–H and O–H groups in total. The van der Waals surface area contributed by atoms with Crippen LogP contribution in [-0.2, 0) is 6.42 Å². The van der Waals surface area contributed by atoms with Crippen molar-refractivity contribution in [3.63, 3.8) is 0 Å². The summed E-state index contributed by atoms with van der Waals surface area (Å²) in [4.78, 5) is 0. The molecule has 1 aromatic heterocycles. The fourth-order valence-electron chi connectivity index (χ4n) is 1.62. The van der Waals surface area contributed by atoms with E-state index in [-0.39, 0.29) is 0 Å². The molecule has 0 saturated heterocycles. The fraction of sp³-hybridized carbons (Fsp3) is 0.273. The standard InChI is InChI=1S/C11H12OS/c1-3-8-4-7(2)5-9-10(12)6-13-11(8)9/h4-6,12H,3H2,1-2H3. The Morgan fingerprint density at radius 3 is 2.85 bits per heavy atom. The minimum absolute atomic E-state index is 0.415. The average Bonchev–Trinajstić information content (AvgIpc) is 2.47. The number of benzene rings is 1. The molecule has 1 nitrogen and oxygen atoms in total. The lowest BCUT2D eigenvalue weighted by Crippen LogP contribution is -1.82. The highest BCUT2D eigenvalue weighted by Gasteiger charge is 2.06. The van der Waals surface area contributed by atoms with Gasteiger partial charge >= 0.3 is 0 Å². The zero-order valence-electron chi connectivity index (χ0n) is 7.79. The summed E-state index contributed by atoms with van der Waals surface area (Å²) in [6.45, 7) is 4.21. The molecule has 2 rings (SSSR count). The van der Waals surface area contributed by atoms with Crippen LogP contribution in [0.5, 0.6) is 5.75 Å². The molecule has 0 saturated carbocycles. The first-order valence-electron chi connectivity index (χ1n) is 4.42. The van der Waals surface area contributed by atoms with E-state index < -0.39 is 0 Å². The number of rotatable bonds is 1. The Hall–Kier alpha value is -1.02. The molecule has 0 fully saturated rings. The Bertz CT molecular complexity index is 443. The van der Waals surface area contributed by atoms with Crippen LogP contribution < -0.4 is 0 Å².